The lowest BCUT2D eigenvalue weighted by molar-refractivity contribution is -0.126. The number of carbonyl (C=O) groups excluding carboxylic acids is 3. The maximum atomic E-state index is 12.9. The minimum absolute atomic E-state index is 0.108. The molecule has 1 aliphatic heterocycles. The van der Waals surface area contributed by atoms with Crippen molar-refractivity contribution in [3.8, 4) is 0 Å². The fourth-order valence-electron chi connectivity index (χ4n) is 3.35. The van der Waals surface area contributed by atoms with E-state index in [1.807, 2.05) is 18.2 Å². The van der Waals surface area contributed by atoms with Crippen molar-refractivity contribution in [1.29, 1.82) is 0 Å². The monoisotopic (exact) mass is 439 g/mol. The minimum Gasteiger partial charge on any atom is -0.467 e. The molecule has 2 aromatic heterocycles. The van der Waals surface area contributed by atoms with E-state index in [2.05, 4.69) is 20.8 Å². The van der Waals surface area contributed by atoms with Gasteiger partial charge in [0, 0.05) is 18.8 Å². The molecule has 160 valence electrons. The number of nitrogens with zero attached hydrogens (tertiary/aromatic N) is 3. The summed E-state index contributed by atoms with van der Waals surface area (Å²) in [6.45, 7) is 1.15. The molecule has 0 saturated carbocycles. The normalized spacial score (nSPS) is 16.0. The van der Waals surface area contributed by atoms with E-state index in [0.717, 1.165) is 11.3 Å². The Bertz CT molecular complexity index is 1050. The number of nitrogens with one attached hydrogen (secondary N) is 2. The molecule has 1 aliphatic rings. The van der Waals surface area contributed by atoms with Gasteiger partial charge in [-0.25, -0.2) is 0 Å². The van der Waals surface area contributed by atoms with Gasteiger partial charge in [-0.05, 0) is 37.1 Å². The van der Waals surface area contributed by atoms with Crippen molar-refractivity contribution in [2.24, 2.45) is 5.92 Å². The second kappa shape index (κ2) is 9.52. The van der Waals surface area contributed by atoms with Crippen LogP contribution in [0, 0.1) is 5.92 Å². The molecule has 3 aromatic rings. The lowest BCUT2D eigenvalue weighted by Crippen LogP contribution is -2.45. The molecule has 0 spiro atoms. The van der Waals surface area contributed by atoms with Crippen LogP contribution < -0.4 is 10.6 Å². The second-order valence-electron chi connectivity index (χ2n) is 7.12. The molecule has 31 heavy (non-hydrogen) atoms. The summed E-state index contributed by atoms with van der Waals surface area (Å²) in [6.07, 6.45) is 2.97. The van der Waals surface area contributed by atoms with Crippen molar-refractivity contribution in [3.05, 3.63) is 64.5 Å². The SMILES string of the molecule is O=C(Nc1ccccc1)c1nnc(C(=O)N2CCC[C@@H](C(=O)NCc3ccco3)C2)s1. The van der Waals surface area contributed by atoms with Gasteiger partial charge in [0.25, 0.3) is 11.8 Å². The third-order valence-electron chi connectivity index (χ3n) is 4.93. The maximum absolute atomic E-state index is 12.9. The predicted octanol–water partition coefficient (Wildman–Crippen LogP) is 2.55. The Labute approximate surface area is 182 Å². The van der Waals surface area contributed by atoms with Crippen molar-refractivity contribution in [2.75, 3.05) is 18.4 Å². The standard InChI is InChI=1S/C21H21N5O4S/c27-17(22-12-16-9-5-11-30-16)14-6-4-10-26(13-14)21(29)20-25-24-19(31-20)18(28)23-15-7-2-1-3-8-15/h1-3,5,7-9,11,14H,4,6,10,12-13H2,(H,22,27)(H,23,28)/t14-/m1/s1. The van der Waals surface area contributed by atoms with Crippen LogP contribution in [0.2, 0.25) is 0 Å². The molecule has 9 nitrogen and oxygen atoms in total. The van der Waals surface area contributed by atoms with E-state index in [0.29, 0.717) is 43.9 Å². The van der Waals surface area contributed by atoms with Crippen molar-refractivity contribution < 1.29 is 18.8 Å². The average Bonchev–Trinajstić information content (AvgIpc) is 3.50. The number of hydrogen-bond acceptors (Lipinski definition) is 7. The first-order valence-electron chi connectivity index (χ1n) is 9.89. The van der Waals surface area contributed by atoms with Gasteiger partial charge in [0.15, 0.2) is 0 Å². The molecule has 0 unspecified atom stereocenters. The predicted molar refractivity (Wildman–Crippen MR) is 113 cm³/mol. The molecule has 3 heterocycles. The number of hydrogen-bond donors (Lipinski definition) is 2. The van der Waals surface area contributed by atoms with Gasteiger partial charge in [-0.3, -0.25) is 14.4 Å². The number of furan rings is 1. The third kappa shape index (κ3) is 5.15. The van der Waals surface area contributed by atoms with Gasteiger partial charge in [-0.15, -0.1) is 10.2 Å². The number of aromatic nitrogens is 2. The van der Waals surface area contributed by atoms with Crippen LogP contribution >= 0.6 is 11.3 Å². The van der Waals surface area contributed by atoms with E-state index >= 15 is 0 Å². The van der Waals surface area contributed by atoms with E-state index < -0.39 is 5.91 Å². The van der Waals surface area contributed by atoms with Crippen LogP contribution in [0.4, 0.5) is 5.69 Å². The van der Waals surface area contributed by atoms with Crippen LogP contribution in [0.1, 0.15) is 38.2 Å². The Hall–Kier alpha value is -3.53. The molecule has 1 fully saturated rings. The Morgan fingerprint density at radius 3 is 2.68 bits per heavy atom. The van der Waals surface area contributed by atoms with Crippen LogP contribution in [0.5, 0.6) is 0 Å². The molecular weight excluding hydrogens is 418 g/mol. The lowest BCUT2D eigenvalue weighted by atomic mass is 9.97. The Balaban J connectivity index is 1.34. The van der Waals surface area contributed by atoms with Gasteiger partial charge in [0.2, 0.25) is 15.9 Å². The summed E-state index contributed by atoms with van der Waals surface area (Å²) in [5.74, 6) is -0.487. The minimum atomic E-state index is -0.420. The number of carbonyl (C=O) groups is 3. The number of rotatable bonds is 6. The summed E-state index contributed by atoms with van der Waals surface area (Å²) in [5, 5.41) is 13.6. The summed E-state index contributed by atoms with van der Waals surface area (Å²) in [4.78, 5) is 39.3. The highest BCUT2D eigenvalue weighted by Gasteiger charge is 2.31. The van der Waals surface area contributed by atoms with E-state index in [-0.39, 0.29) is 27.7 Å². The third-order valence-corrected chi connectivity index (χ3v) is 5.84. The van der Waals surface area contributed by atoms with Gasteiger partial charge < -0.3 is 20.0 Å². The number of piperidine rings is 1. The lowest BCUT2D eigenvalue weighted by Gasteiger charge is -2.31. The zero-order valence-electron chi connectivity index (χ0n) is 16.6. The van der Waals surface area contributed by atoms with E-state index in [4.69, 9.17) is 4.42 Å². The molecule has 1 saturated heterocycles. The highest BCUT2D eigenvalue weighted by molar-refractivity contribution is 7.15. The second-order valence-corrected chi connectivity index (χ2v) is 8.10. The zero-order valence-corrected chi connectivity index (χ0v) is 17.4. The van der Waals surface area contributed by atoms with Gasteiger partial charge in [0.05, 0.1) is 18.7 Å². The van der Waals surface area contributed by atoms with Crippen molar-refractivity contribution in [2.45, 2.75) is 19.4 Å². The van der Waals surface area contributed by atoms with Crippen molar-refractivity contribution in [3.63, 3.8) is 0 Å². The number of amides is 3. The average molecular weight is 439 g/mol. The fourth-order valence-corrected chi connectivity index (χ4v) is 4.06. The molecule has 0 aliphatic carbocycles. The van der Waals surface area contributed by atoms with E-state index in [1.54, 1.807) is 35.4 Å². The molecule has 2 N–H and O–H groups in total. The summed E-state index contributed by atoms with van der Waals surface area (Å²) in [7, 11) is 0. The summed E-state index contributed by atoms with van der Waals surface area (Å²) in [6, 6.07) is 12.5. The highest BCUT2D eigenvalue weighted by atomic mass is 32.1. The molecule has 3 amide bonds. The molecule has 10 heteroatoms. The first-order chi connectivity index (χ1) is 15.1. The number of benzene rings is 1. The molecule has 4 rings (SSSR count). The molecule has 0 radical (unpaired) electrons. The van der Waals surface area contributed by atoms with Crippen molar-refractivity contribution in [1.82, 2.24) is 20.4 Å². The molecule has 0 bridgehead atoms. The highest BCUT2D eigenvalue weighted by Crippen LogP contribution is 2.21. The van der Waals surface area contributed by atoms with Gasteiger partial charge >= 0.3 is 0 Å². The quantitative estimate of drug-likeness (QED) is 0.610. The van der Waals surface area contributed by atoms with Crippen LogP contribution in [0.25, 0.3) is 0 Å². The largest absolute Gasteiger partial charge is 0.467 e. The number of likely N-dealkylation sites (tertiary alicyclic amines) is 1. The van der Waals surface area contributed by atoms with Crippen LogP contribution in [-0.2, 0) is 11.3 Å². The fraction of sp³-hybridized carbons (Fsp3) is 0.286. The number of anilines is 1. The van der Waals surface area contributed by atoms with Crippen LogP contribution in [0.15, 0.2) is 53.1 Å². The Kier molecular flexibility index (Phi) is 6.37. The van der Waals surface area contributed by atoms with Gasteiger partial charge in [0.1, 0.15) is 5.76 Å². The Morgan fingerprint density at radius 1 is 1.10 bits per heavy atom. The topological polar surface area (TPSA) is 117 Å². The van der Waals surface area contributed by atoms with Gasteiger partial charge in [-0.1, -0.05) is 29.5 Å². The van der Waals surface area contributed by atoms with Crippen LogP contribution in [0.3, 0.4) is 0 Å². The zero-order chi connectivity index (χ0) is 21.6. The number of para-hydroxylation sites is 1. The van der Waals surface area contributed by atoms with E-state index in [1.165, 1.54) is 0 Å². The van der Waals surface area contributed by atoms with Crippen LogP contribution in [-0.4, -0.2) is 45.9 Å². The maximum Gasteiger partial charge on any atom is 0.286 e. The summed E-state index contributed by atoms with van der Waals surface area (Å²) in [5.41, 5.74) is 0.634. The van der Waals surface area contributed by atoms with Gasteiger partial charge in [-0.2, -0.15) is 0 Å². The smallest absolute Gasteiger partial charge is 0.286 e. The molecule has 1 atom stereocenters. The molecular formula is C21H21N5O4S. The van der Waals surface area contributed by atoms with E-state index in [9.17, 15) is 14.4 Å². The first-order valence-corrected chi connectivity index (χ1v) is 10.7. The molecule has 1 aromatic carbocycles. The summed E-state index contributed by atoms with van der Waals surface area (Å²) < 4.78 is 5.22. The van der Waals surface area contributed by atoms with Crippen molar-refractivity contribution >= 4 is 34.7 Å². The first kappa shape index (κ1) is 20.7. The Morgan fingerprint density at radius 2 is 1.90 bits per heavy atom. The summed E-state index contributed by atoms with van der Waals surface area (Å²) >= 11 is 0.942.